The molecule has 0 saturated carbocycles. The Morgan fingerprint density at radius 1 is 0.700 bits per heavy atom. The van der Waals surface area contributed by atoms with Gasteiger partial charge >= 0.3 is 0 Å². The molecule has 0 radical (unpaired) electrons. The van der Waals surface area contributed by atoms with Crippen LogP contribution in [-0.2, 0) is 17.9 Å². The molecule has 6 aromatic carbocycles. The Kier molecular flexibility index (Phi) is 12.6. The van der Waals surface area contributed by atoms with Gasteiger partial charge in [-0.3, -0.25) is 14.5 Å². The summed E-state index contributed by atoms with van der Waals surface area (Å²) in [6.07, 6.45) is 2.66. The van der Waals surface area contributed by atoms with Gasteiger partial charge in [-0.1, -0.05) is 162 Å². The molecule has 50 heavy (non-hydrogen) atoms. The number of anilines is 1. The van der Waals surface area contributed by atoms with Gasteiger partial charge < -0.3 is 5.32 Å². The largest absolute Gasteiger partial charge is 0.324 e. The number of nitrogens with zero attached hydrogens (tertiary/aromatic N) is 1. The summed E-state index contributed by atoms with van der Waals surface area (Å²) in [6, 6.07) is 39.7. The van der Waals surface area contributed by atoms with Crippen LogP contribution in [0.1, 0.15) is 74.5 Å². The average molecular weight is 683 g/mol. The first-order valence-corrected chi connectivity index (χ1v) is 18.2. The number of amides is 1. The van der Waals surface area contributed by atoms with Crippen LogP contribution < -0.4 is 5.32 Å². The van der Waals surface area contributed by atoms with E-state index in [4.69, 9.17) is 11.6 Å². The highest BCUT2D eigenvalue weighted by Crippen LogP contribution is 2.42. The van der Waals surface area contributed by atoms with Crippen LogP contribution in [0.3, 0.4) is 0 Å². The zero-order valence-electron chi connectivity index (χ0n) is 29.8. The predicted octanol–water partition coefficient (Wildman–Crippen LogP) is 12.0. The third-order valence-corrected chi connectivity index (χ3v) is 9.60. The number of hydrogen-bond acceptors (Lipinski definition) is 3. The second-order valence-corrected chi connectivity index (χ2v) is 13.1. The molecule has 7 rings (SSSR count). The zero-order chi connectivity index (χ0) is 35.6. The van der Waals surface area contributed by atoms with Crippen LogP contribution in [0.25, 0.3) is 32.7 Å². The molecule has 0 saturated heterocycles. The number of fused-ring (bicyclic) bond motifs is 7. The van der Waals surface area contributed by atoms with E-state index >= 15 is 0 Å². The molecule has 1 amide bonds. The number of carbonyl (C=O) groups excluding carboxylic acids is 2. The molecule has 6 aromatic rings. The Hall–Kier alpha value is -4.77. The molecule has 0 spiro atoms. The third kappa shape index (κ3) is 8.33. The Labute approximate surface area is 302 Å². The van der Waals surface area contributed by atoms with Crippen molar-refractivity contribution in [2.75, 3.05) is 11.9 Å². The van der Waals surface area contributed by atoms with E-state index in [9.17, 15) is 9.59 Å². The van der Waals surface area contributed by atoms with Crippen molar-refractivity contribution < 1.29 is 9.59 Å². The van der Waals surface area contributed by atoms with E-state index < -0.39 is 0 Å². The van der Waals surface area contributed by atoms with Gasteiger partial charge in [-0.2, -0.15) is 0 Å². The average Bonchev–Trinajstić information content (AvgIpc) is 3.32. The van der Waals surface area contributed by atoms with Gasteiger partial charge in [-0.05, 0) is 67.9 Å². The second kappa shape index (κ2) is 17.2. The van der Waals surface area contributed by atoms with E-state index in [1.807, 2.05) is 32.0 Å². The fraction of sp³-hybridized carbons (Fsp3) is 0.244. The van der Waals surface area contributed by atoms with Crippen molar-refractivity contribution in [2.45, 2.75) is 60.5 Å². The van der Waals surface area contributed by atoms with Gasteiger partial charge in [0.15, 0.2) is 5.78 Å². The summed E-state index contributed by atoms with van der Waals surface area (Å²) in [5.41, 5.74) is 6.19. The first-order valence-electron chi connectivity index (χ1n) is 17.8. The van der Waals surface area contributed by atoms with E-state index in [0.29, 0.717) is 34.9 Å². The monoisotopic (exact) mass is 682 g/mol. The molecule has 1 N–H and O–H groups in total. The van der Waals surface area contributed by atoms with Crippen molar-refractivity contribution >= 4 is 50.5 Å². The van der Waals surface area contributed by atoms with Crippen LogP contribution in [-0.4, -0.2) is 23.1 Å². The van der Waals surface area contributed by atoms with Crippen molar-refractivity contribution in [1.82, 2.24) is 4.90 Å². The number of rotatable bonds is 7. The fourth-order valence-corrected chi connectivity index (χ4v) is 6.55. The number of ketones is 1. The summed E-state index contributed by atoms with van der Waals surface area (Å²) >= 11 is 6.26. The van der Waals surface area contributed by atoms with Crippen molar-refractivity contribution in [3.8, 4) is 11.1 Å². The van der Waals surface area contributed by atoms with Crippen LogP contribution in [0.2, 0.25) is 5.02 Å². The zero-order valence-corrected chi connectivity index (χ0v) is 30.6. The first kappa shape index (κ1) is 36.5. The van der Waals surface area contributed by atoms with Crippen LogP contribution in [0.5, 0.6) is 0 Å². The van der Waals surface area contributed by atoms with Gasteiger partial charge in [-0.15, -0.1) is 0 Å². The normalized spacial score (nSPS) is 12.1. The minimum atomic E-state index is -0.190. The summed E-state index contributed by atoms with van der Waals surface area (Å²) in [5.74, 6) is 0.556. The van der Waals surface area contributed by atoms with Crippen molar-refractivity contribution in [3.05, 3.63) is 149 Å². The number of hydrogen-bond donors (Lipinski definition) is 1. The lowest BCUT2D eigenvalue weighted by atomic mass is 9.88. The minimum absolute atomic E-state index is 0.167. The van der Waals surface area contributed by atoms with Crippen molar-refractivity contribution in [2.24, 2.45) is 5.92 Å². The first-order chi connectivity index (χ1) is 24.4. The molecule has 4 nitrogen and oxygen atoms in total. The molecule has 0 aromatic heterocycles. The molecule has 0 atom stereocenters. The van der Waals surface area contributed by atoms with Crippen LogP contribution in [0, 0.1) is 5.92 Å². The lowest BCUT2D eigenvalue weighted by molar-refractivity contribution is -0.117. The molecule has 1 heterocycles. The van der Waals surface area contributed by atoms with Crippen LogP contribution in [0.15, 0.2) is 121 Å². The van der Waals surface area contributed by atoms with Gasteiger partial charge in [0.05, 0.1) is 12.2 Å². The quantitative estimate of drug-likeness (QED) is 0.170. The molecule has 0 aliphatic carbocycles. The molecular formula is C45H47ClN2O2. The van der Waals surface area contributed by atoms with Crippen LogP contribution in [0.4, 0.5) is 5.69 Å². The Morgan fingerprint density at radius 3 is 1.74 bits per heavy atom. The van der Waals surface area contributed by atoms with Gasteiger partial charge in [0, 0.05) is 29.2 Å². The van der Waals surface area contributed by atoms with Crippen LogP contribution >= 0.6 is 11.6 Å². The van der Waals surface area contributed by atoms with Gasteiger partial charge in [0.2, 0.25) is 5.91 Å². The maximum Gasteiger partial charge on any atom is 0.238 e. The minimum Gasteiger partial charge on any atom is -0.324 e. The van der Waals surface area contributed by atoms with E-state index in [-0.39, 0.29) is 18.2 Å². The topological polar surface area (TPSA) is 49.4 Å². The molecule has 1 aliphatic rings. The lowest BCUT2D eigenvalue weighted by Crippen LogP contribution is -2.32. The highest BCUT2D eigenvalue weighted by Gasteiger charge is 2.25. The van der Waals surface area contributed by atoms with E-state index in [1.54, 1.807) is 30.3 Å². The highest BCUT2D eigenvalue weighted by atomic mass is 35.5. The van der Waals surface area contributed by atoms with Gasteiger partial charge in [0.25, 0.3) is 0 Å². The third-order valence-electron chi connectivity index (χ3n) is 9.37. The smallest absolute Gasteiger partial charge is 0.238 e. The Balaban J connectivity index is 0.000000552. The summed E-state index contributed by atoms with van der Waals surface area (Å²) in [5, 5.41) is 8.25. The van der Waals surface area contributed by atoms with Gasteiger partial charge in [-0.25, -0.2) is 0 Å². The molecule has 1 aliphatic heterocycles. The highest BCUT2D eigenvalue weighted by molar-refractivity contribution is 6.31. The summed E-state index contributed by atoms with van der Waals surface area (Å²) in [4.78, 5) is 29.0. The predicted molar refractivity (Wildman–Crippen MR) is 212 cm³/mol. The number of carbonyl (C=O) groups is 2. The fourth-order valence-electron chi connectivity index (χ4n) is 6.38. The maximum absolute atomic E-state index is 13.5. The number of halogens is 1. The van der Waals surface area contributed by atoms with Gasteiger partial charge in [0.1, 0.15) is 0 Å². The Morgan fingerprint density at radius 2 is 1.22 bits per heavy atom. The Bertz CT molecular complexity index is 2000. The molecular weight excluding hydrogens is 636 g/mol. The summed E-state index contributed by atoms with van der Waals surface area (Å²) < 4.78 is 0. The maximum atomic E-state index is 13.5. The summed E-state index contributed by atoms with van der Waals surface area (Å²) in [7, 11) is 0. The van der Waals surface area contributed by atoms with E-state index in [1.165, 1.54) is 56.6 Å². The number of benzene rings is 6. The molecule has 256 valence electrons. The second-order valence-electron chi connectivity index (χ2n) is 12.6. The van der Waals surface area contributed by atoms with E-state index in [0.717, 1.165) is 5.92 Å². The van der Waals surface area contributed by atoms with Crippen molar-refractivity contribution in [3.63, 3.8) is 0 Å². The lowest BCUT2D eigenvalue weighted by Gasteiger charge is -2.21. The molecule has 0 bridgehead atoms. The van der Waals surface area contributed by atoms with E-state index in [2.05, 4.69) is 104 Å². The summed E-state index contributed by atoms with van der Waals surface area (Å²) in [6.45, 7) is 12.1. The SMILES string of the molecule is CC.CCC(C)CC.O=C(CN1Cc2ccc3ccccc3c2-c2c(ccc3ccccc23)C1)Nc1ccc(Cl)cc1C(=O)c1ccccc1. The molecule has 0 unspecified atom stereocenters. The standard InChI is InChI=1S/C37H27ClN2O2.C6H14.C2H6/c38-29-18-19-33(32(20-29)37(42)26-10-2-1-3-11-26)39-34(41)23-40-21-27-16-14-24-8-4-6-12-30(24)35(27)36-28(22-40)17-15-25-9-5-7-13-31(25)36;1-4-6(3)5-2;1-2/h1-20H,21-23H2,(H,39,41);6H,4-5H2,1-3H3;1-2H3. The molecule has 0 fully saturated rings. The molecule has 5 heteroatoms. The van der Waals surface area contributed by atoms with Crippen molar-refractivity contribution in [1.29, 1.82) is 0 Å². The number of nitrogens with one attached hydrogen (secondary N) is 1.